The third-order valence-electron chi connectivity index (χ3n) is 2.88. The summed E-state index contributed by atoms with van der Waals surface area (Å²) < 4.78 is 31.7. The first-order chi connectivity index (χ1) is 8.07. The van der Waals surface area contributed by atoms with Gasteiger partial charge in [0.2, 0.25) is 10.0 Å². The lowest BCUT2D eigenvalue weighted by Crippen LogP contribution is -2.35. The van der Waals surface area contributed by atoms with Crippen LogP contribution in [0.15, 0.2) is 24.3 Å². The number of rotatable bonds is 4. The molecule has 1 aromatic carbocycles. The van der Waals surface area contributed by atoms with E-state index in [0.29, 0.717) is 13.2 Å². The molecular formula is C12H17NO3S. The minimum atomic E-state index is -3.27. The number of hydrogen-bond acceptors (Lipinski definition) is 3. The molecule has 4 nitrogen and oxygen atoms in total. The molecule has 0 aliphatic carbocycles. The normalized spacial score (nSPS) is 20.6. The molecule has 1 N–H and O–H groups in total. The SMILES string of the molecule is Cc1ccccc1CS(=O)(=O)NC1CCOC1. The van der Waals surface area contributed by atoms with Crippen LogP contribution in [0.1, 0.15) is 17.5 Å². The van der Waals surface area contributed by atoms with E-state index >= 15 is 0 Å². The van der Waals surface area contributed by atoms with E-state index in [9.17, 15) is 8.42 Å². The zero-order valence-electron chi connectivity index (χ0n) is 9.85. The van der Waals surface area contributed by atoms with E-state index in [1.165, 1.54) is 0 Å². The van der Waals surface area contributed by atoms with Gasteiger partial charge in [0, 0.05) is 12.6 Å². The molecule has 1 saturated heterocycles. The van der Waals surface area contributed by atoms with Crippen molar-refractivity contribution >= 4 is 10.0 Å². The molecule has 0 saturated carbocycles. The van der Waals surface area contributed by atoms with Crippen LogP contribution in [0, 0.1) is 6.92 Å². The van der Waals surface area contributed by atoms with Crippen molar-refractivity contribution in [1.82, 2.24) is 4.72 Å². The van der Waals surface area contributed by atoms with Crippen molar-refractivity contribution in [2.75, 3.05) is 13.2 Å². The van der Waals surface area contributed by atoms with Gasteiger partial charge < -0.3 is 4.74 Å². The van der Waals surface area contributed by atoms with Gasteiger partial charge in [-0.25, -0.2) is 13.1 Å². The van der Waals surface area contributed by atoms with Crippen molar-refractivity contribution in [3.63, 3.8) is 0 Å². The molecule has 1 heterocycles. The Labute approximate surface area is 102 Å². The molecule has 1 atom stereocenters. The van der Waals surface area contributed by atoms with Crippen LogP contribution in [0.4, 0.5) is 0 Å². The lowest BCUT2D eigenvalue weighted by molar-refractivity contribution is 0.192. The number of hydrogen-bond donors (Lipinski definition) is 1. The number of benzene rings is 1. The number of nitrogens with one attached hydrogen (secondary N) is 1. The highest BCUT2D eigenvalue weighted by Crippen LogP contribution is 2.12. The summed E-state index contributed by atoms with van der Waals surface area (Å²) in [7, 11) is -3.27. The Balaban J connectivity index is 2.04. The number of ether oxygens (including phenoxy) is 1. The van der Waals surface area contributed by atoms with E-state index in [0.717, 1.165) is 17.5 Å². The molecule has 1 aromatic rings. The molecule has 2 rings (SSSR count). The summed E-state index contributed by atoms with van der Waals surface area (Å²) in [6.07, 6.45) is 0.757. The second-order valence-corrected chi connectivity index (χ2v) is 6.12. The monoisotopic (exact) mass is 255 g/mol. The average Bonchev–Trinajstić information content (AvgIpc) is 2.73. The van der Waals surface area contributed by atoms with E-state index in [1.807, 2.05) is 31.2 Å². The van der Waals surface area contributed by atoms with Gasteiger partial charge in [-0.1, -0.05) is 24.3 Å². The van der Waals surface area contributed by atoms with E-state index < -0.39 is 10.0 Å². The van der Waals surface area contributed by atoms with E-state index in [-0.39, 0.29) is 11.8 Å². The van der Waals surface area contributed by atoms with Crippen LogP contribution >= 0.6 is 0 Å². The largest absolute Gasteiger partial charge is 0.380 e. The fourth-order valence-corrected chi connectivity index (χ4v) is 3.41. The maximum atomic E-state index is 11.9. The summed E-state index contributed by atoms with van der Waals surface area (Å²) in [6, 6.07) is 7.47. The third kappa shape index (κ3) is 3.52. The Bertz CT molecular complexity index is 478. The second kappa shape index (κ2) is 5.16. The minimum Gasteiger partial charge on any atom is -0.380 e. The van der Waals surface area contributed by atoms with E-state index in [1.54, 1.807) is 0 Å². The molecule has 5 heteroatoms. The molecular weight excluding hydrogens is 238 g/mol. The molecule has 1 fully saturated rings. The summed E-state index contributed by atoms with van der Waals surface area (Å²) in [5.41, 5.74) is 1.85. The predicted molar refractivity (Wildman–Crippen MR) is 66.2 cm³/mol. The highest BCUT2D eigenvalue weighted by molar-refractivity contribution is 7.88. The highest BCUT2D eigenvalue weighted by Gasteiger charge is 2.22. The van der Waals surface area contributed by atoms with Crippen molar-refractivity contribution in [2.45, 2.75) is 25.1 Å². The summed E-state index contributed by atoms with van der Waals surface area (Å²) in [5, 5.41) is 0. The molecule has 0 aromatic heterocycles. The van der Waals surface area contributed by atoms with Crippen LogP contribution in [0.3, 0.4) is 0 Å². The van der Waals surface area contributed by atoms with Crippen LogP contribution < -0.4 is 4.72 Å². The first-order valence-electron chi connectivity index (χ1n) is 5.69. The predicted octanol–water partition coefficient (Wildman–Crippen LogP) is 1.20. The summed E-state index contributed by atoms with van der Waals surface area (Å²) in [5.74, 6) is 0.0379. The molecule has 0 spiro atoms. The van der Waals surface area contributed by atoms with Gasteiger partial charge in [0.05, 0.1) is 12.4 Å². The second-order valence-electron chi connectivity index (χ2n) is 4.36. The molecule has 1 aliphatic rings. The van der Waals surface area contributed by atoms with Crippen molar-refractivity contribution in [3.8, 4) is 0 Å². The van der Waals surface area contributed by atoms with Crippen LogP contribution in [0.5, 0.6) is 0 Å². The Kier molecular flexibility index (Phi) is 3.81. The quantitative estimate of drug-likeness (QED) is 0.879. The number of sulfonamides is 1. The van der Waals surface area contributed by atoms with Crippen molar-refractivity contribution in [2.24, 2.45) is 0 Å². The van der Waals surface area contributed by atoms with E-state index in [4.69, 9.17) is 4.74 Å². The maximum Gasteiger partial charge on any atom is 0.216 e. The lowest BCUT2D eigenvalue weighted by Gasteiger charge is -2.12. The Morgan fingerprint density at radius 3 is 2.82 bits per heavy atom. The van der Waals surface area contributed by atoms with Crippen molar-refractivity contribution in [3.05, 3.63) is 35.4 Å². The fourth-order valence-electron chi connectivity index (χ4n) is 1.90. The smallest absolute Gasteiger partial charge is 0.216 e. The zero-order chi connectivity index (χ0) is 12.3. The standard InChI is InChI=1S/C12H17NO3S/c1-10-4-2-3-5-11(10)9-17(14,15)13-12-6-7-16-8-12/h2-5,12-13H,6-9H2,1H3. The van der Waals surface area contributed by atoms with Crippen LogP contribution in [0.25, 0.3) is 0 Å². The summed E-state index contributed by atoms with van der Waals surface area (Å²) >= 11 is 0. The molecule has 0 radical (unpaired) electrons. The molecule has 1 aliphatic heterocycles. The van der Waals surface area contributed by atoms with Gasteiger partial charge in [0.25, 0.3) is 0 Å². The summed E-state index contributed by atoms with van der Waals surface area (Å²) in [4.78, 5) is 0. The highest BCUT2D eigenvalue weighted by atomic mass is 32.2. The third-order valence-corrected chi connectivity index (χ3v) is 4.27. The van der Waals surface area contributed by atoms with Gasteiger partial charge in [0.1, 0.15) is 0 Å². The van der Waals surface area contributed by atoms with Gasteiger partial charge in [-0.15, -0.1) is 0 Å². The van der Waals surface area contributed by atoms with E-state index in [2.05, 4.69) is 4.72 Å². The van der Waals surface area contributed by atoms with Crippen LogP contribution in [-0.2, 0) is 20.5 Å². The first kappa shape index (κ1) is 12.5. The zero-order valence-corrected chi connectivity index (χ0v) is 10.7. The van der Waals surface area contributed by atoms with Crippen LogP contribution in [-0.4, -0.2) is 27.7 Å². The Hall–Kier alpha value is -0.910. The maximum absolute atomic E-state index is 11.9. The van der Waals surface area contributed by atoms with Gasteiger partial charge in [-0.2, -0.15) is 0 Å². The fraction of sp³-hybridized carbons (Fsp3) is 0.500. The summed E-state index contributed by atoms with van der Waals surface area (Å²) in [6.45, 7) is 3.04. The van der Waals surface area contributed by atoms with Crippen molar-refractivity contribution < 1.29 is 13.2 Å². The number of aryl methyl sites for hydroxylation is 1. The molecule has 17 heavy (non-hydrogen) atoms. The first-order valence-corrected chi connectivity index (χ1v) is 7.34. The molecule has 0 amide bonds. The topological polar surface area (TPSA) is 55.4 Å². The lowest BCUT2D eigenvalue weighted by atomic mass is 10.1. The Morgan fingerprint density at radius 1 is 1.41 bits per heavy atom. The Morgan fingerprint density at radius 2 is 2.18 bits per heavy atom. The van der Waals surface area contributed by atoms with Crippen LogP contribution in [0.2, 0.25) is 0 Å². The van der Waals surface area contributed by atoms with Gasteiger partial charge in [-0.05, 0) is 24.5 Å². The van der Waals surface area contributed by atoms with Gasteiger partial charge in [-0.3, -0.25) is 0 Å². The van der Waals surface area contributed by atoms with Crippen molar-refractivity contribution in [1.29, 1.82) is 0 Å². The molecule has 94 valence electrons. The van der Waals surface area contributed by atoms with Gasteiger partial charge >= 0.3 is 0 Å². The minimum absolute atomic E-state index is 0.0379. The molecule has 0 bridgehead atoms. The van der Waals surface area contributed by atoms with Gasteiger partial charge in [0.15, 0.2) is 0 Å². The average molecular weight is 255 g/mol. The molecule has 1 unspecified atom stereocenters.